The van der Waals surface area contributed by atoms with Gasteiger partial charge in [0.2, 0.25) is 15.9 Å². The number of nitrogens with zero attached hydrogens (tertiary/aromatic N) is 2. The zero-order chi connectivity index (χ0) is 18.3. The molecule has 1 aromatic carbocycles. The summed E-state index contributed by atoms with van der Waals surface area (Å²) in [6.45, 7) is 2.54. The largest absolute Gasteiger partial charge is 0.383 e. The molecule has 1 aliphatic rings. The van der Waals surface area contributed by atoms with Crippen molar-refractivity contribution in [1.82, 2.24) is 5.32 Å². The third kappa shape index (κ3) is 5.89. The standard InChI is InChI=1S/C17H27N3O4S/c1-24-13-10-18-17(21)14-20(25(2,22)23)16-8-6-15(7-9-16)19-11-4-3-5-12-19/h6-9H,3-5,10-14H2,1-2H3,(H,18,21). The van der Waals surface area contributed by atoms with Crippen molar-refractivity contribution in [3.05, 3.63) is 24.3 Å². The number of ether oxygens (including phenoxy) is 1. The minimum Gasteiger partial charge on any atom is -0.383 e. The van der Waals surface area contributed by atoms with E-state index in [-0.39, 0.29) is 12.5 Å². The SMILES string of the molecule is COCCNC(=O)CN(c1ccc(N2CCCCC2)cc1)S(C)(=O)=O. The summed E-state index contributed by atoms with van der Waals surface area (Å²) in [4.78, 5) is 14.3. The van der Waals surface area contributed by atoms with Gasteiger partial charge in [0, 0.05) is 32.4 Å². The third-order valence-corrected chi connectivity index (χ3v) is 5.32. The first kappa shape index (κ1) is 19.5. The first-order valence-corrected chi connectivity index (χ1v) is 10.3. The molecule has 0 saturated carbocycles. The molecule has 1 fully saturated rings. The quantitative estimate of drug-likeness (QED) is 0.697. The van der Waals surface area contributed by atoms with Gasteiger partial charge in [0.1, 0.15) is 6.54 Å². The van der Waals surface area contributed by atoms with Crippen LogP contribution < -0.4 is 14.5 Å². The maximum Gasteiger partial charge on any atom is 0.240 e. The van der Waals surface area contributed by atoms with E-state index in [4.69, 9.17) is 4.74 Å². The van der Waals surface area contributed by atoms with E-state index in [2.05, 4.69) is 10.2 Å². The molecule has 1 aliphatic heterocycles. The maximum atomic E-state index is 12.1. The molecule has 140 valence electrons. The fraction of sp³-hybridized carbons (Fsp3) is 0.588. The normalized spacial score (nSPS) is 15.0. The molecule has 0 spiro atoms. The van der Waals surface area contributed by atoms with Gasteiger partial charge in [-0.25, -0.2) is 8.42 Å². The van der Waals surface area contributed by atoms with Crippen LogP contribution in [-0.4, -0.2) is 60.5 Å². The molecule has 1 heterocycles. The van der Waals surface area contributed by atoms with Gasteiger partial charge in [0.05, 0.1) is 18.6 Å². The number of amides is 1. The van der Waals surface area contributed by atoms with Gasteiger partial charge in [-0.2, -0.15) is 0 Å². The van der Waals surface area contributed by atoms with Gasteiger partial charge in [-0.15, -0.1) is 0 Å². The number of carbonyl (C=O) groups is 1. The summed E-state index contributed by atoms with van der Waals surface area (Å²) in [6, 6.07) is 7.35. The second kappa shape index (κ2) is 9.05. The number of anilines is 2. The molecule has 1 aromatic rings. The summed E-state index contributed by atoms with van der Waals surface area (Å²) in [5, 5.41) is 2.64. The van der Waals surface area contributed by atoms with Gasteiger partial charge in [0.15, 0.2) is 0 Å². The highest BCUT2D eigenvalue weighted by atomic mass is 32.2. The number of benzene rings is 1. The van der Waals surface area contributed by atoms with Gasteiger partial charge in [0.25, 0.3) is 0 Å². The Morgan fingerprint density at radius 2 is 1.84 bits per heavy atom. The van der Waals surface area contributed by atoms with E-state index < -0.39 is 10.0 Å². The van der Waals surface area contributed by atoms with E-state index in [1.54, 1.807) is 19.2 Å². The monoisotopic (exact) mass is 369 g/mol. The Bertz CT molecular complexity index is 655. The first-order chi connectivity index (χ1) is 11.9. The van der Waals surface area contributed by atoms with Gasteiger partial charge in [-0.05, 0) is 43.5 Å². The number of rotatable bonds is 8. The molecule has 25 heavy (non-hydrogen) atoms. The highest BCUT2D eigenvalue weighted by molar-refractivity contribution is 7.92. The first-order valence-electron chi connectivity index (χ1n) is 8.50. The molecule has 0 radical (unpaired) electrons. The fourth-order valence-corrected chi connectivity index (χ4v) is 3.72. The minimum absolute atomic E-state index is 0.244. The van der Waals surface area contributed by atoms with E-state index in [1.165, 1.54) is 19.3 Å². The average molecular weight is 369 g/mol. The van der Waals surface area contributed by atoms with Crippen LogP contribution in [0.25, 0.3) is 0 Å². The topological polar surface area (TPSA) is 79.0 Å². The summed E-state index contributed by atoms with van der Waals surface area (Å²) >= 11 is 0. The molecular formula is C17H27N3O4S. The Hall–Kier alpha value is -1.80. The van der Waals surface area contributed by atoms with E-state index >= 15 is 0 Å². The number of methoxy groups -OCH3 is 1. The summed E-state index contributed by atoms with van der Waals surface area (Å²) in [7, 11) is -2.01. The molecule has 1 saturated heterocycles. The van der Waals surface area contributed by atoms with Crippen molar-refractivity contribution in [3.63, 3.8) is 0 Å². The lowest BCUT2D eigenvalue weighted by atomic mass is 10.1. The van der Waals surface area contributed by atoms with Crippen LogP contribution in [0.1, 0.15) is 19.3 Å². The maximum absolute atomic E-state index is 12.1. The fourth-order valence-electron chi connectivity index (χ4n) is 2.86. The lowest BCUT2D eigenvalue weighted by Gasteiger charge is -2.29. The highest BCUT2D eigenvalue weighted by Gasteiger charge is 2.21. The average Bonchev–Trinajstić information content (AvgIpc) is 2.60. The van der Waals surface area contributed by atoms with Gasteiger partial charge >= 0.3 is 0 Å². The Balaban J connectivity index is 2.08. The lowest BCUT2D eigenvalue weighted by molar-refractivity contribution is -0.119. The van der Waals surface area contributed by atoms with Gasteiger partial charge in [-0.3, -0.25) is 9.10 Å². The Kier molecular flexibility index (Phi) is 7.07. The molecule has 0 atom stereocenters. The number of hydrogen-bond acceptors (Lipinski definition) is 5. The molecule has 1 N–H and O–H groups in total. The van der Waals surface area contributed by atoms with Crippen LogP contribution in [-0.2, 0) is 19.6 Å². The third-order valence-electron chi connectivity index (χ3n) is 4.17. The van der Waals surface area contributed by atoms with Crippen LogP contribution >= 0.6 is 0 Å². The van der Waals surface area contributed by atoms with Crippen molar-refractivity contribution < 1.29 is 17.9 Å². The number of nitrogens with one attached hydrogen (secondary N) is 1. The van der Waals surface area contributed by atoms with E-state index in [0.29, 0.717) is 18.8 Å². The van der Waals surface area contributed by atoms with E-state index in [0.717, 1.165) is 29.3 Å². The van der Waals surface area contributed by atoms with Crippen LogP contribution in [0.3, 0.4) is 0 Å². The molecule has 0 aliphatic carbocycles. The van der Waals surface area contributed by atoms with Gasteiger partial charge in [-0.1, -0.05) is 0 Å². The molecule has 0 bridgehead atoms. The van der Waals surface area contributed by atoms with Crippen LogP contribution in [0, 0.1) is 0 Å². The summed E-state index contributed by atoms with van der Waals surface area (Å²) in [6.07, 6.45) is 4.72. The molecule has 1 amide bonds. The van der Waals surface area contributed by atoms with Crippen molar-refractivity contribution in [2.24, 2.45) is 0 Å². The van der Waals surface area contributed by atoms with Crippen LogP contribution in [0.5, 0.6) is 0 Å². The number of piperidine rings is 1. The Morgan fingerprint density at radius 1 is 1.20 bits per heavy atom. The Labute approximate surface area is 150 Å². The van der Waals surface area contributed by atoms with Crippen molar-refractivity contribution in [2.75, 3.05) is 55.4 Å². The smallest absolute Gasteiger partial charge is 0.240 e. The summed E-state index contributed by atoms with van der Waals surface area (Å²) in [5.74, 6) is -0.359. The summed E-state index contributed by atoms with van der Waals surface area (Å²) in [5.41, 5.74) is 1.58. The molecule has 2 rings (SSSR count). The van der Waals surface area contributed by atoms with Crippen LogP contribution in [0.15, 0.2) is 24.3 Å². The zero-order valence-electron chi connectivity index (χ0n) is 14.9. The van der Waals surface area contributed by atoms with Crippen molar-refractivity contribution >= 4 is 27.3 Å². The zero-order valence-corrected chi connectivity index (χ0v) is 15.7. The molecule has 7 nitrogen and oxygen atoms in total. The predicted molar refractivity (Wildman–Crippen MR) is 99.6 cm³/mol. The number of carbonyl (C=O) groups excluding carboxylic acids is 1. The molecular weight excluding hydrogens is 342 g/mol. The number of sulfonamides is 1. The lowest BCUT2D eigenvalue weighted by Crippen LogP contribution is -2.41. The van der Waals surface area contributed by atoms with Crippen molar-refractivity contribution in [1.29, 1.82) is 0 Å². The van der Waals surface area contributed by atoms with Crippen LogP contribution in [0.2, 0.25) is 0 Å². The molecule has 0 aromatic heterocycles. The number of hydrogen-bond donors (Lipinski definition) is 1. The second-order valence-electron chi connectivity index (χ2n) is 6.18. The minimum atomic E-state index is -3.55. The Morgan fingerprint density at radius 3 is 2.40 bits per heavy atom. The predicted octanol–water partition coefficient (Wildman–Crippen LogP) is 1.21. The van der Waals surface area contributed by atoms with Crippen molar-refractivity contribution in [2.45, 2.75) is 19.3 Å². The van der Waals surface area contributed by atoms with E-state index in [1.807, 2.05) is 12.1 Å². The highest BCUT2D eigenvalue weighted by Crippen LogP contribution is 2.24. The van der Waals surface area contributed by atoms with Crippen molar-refractivity contribution in [3.8, 4) is 0 Å². The van der Waals surface area contributed by atoms with Crippen LogP contribution in [0.4, 0.5) is 11.4 Å². The van der Waals surface area contributed by atoms with Gasteiger partial charge < -0.3 is 15.0 Å². The van der Waals surface area contributed by atoms with E-state index in [9.17, 15) is 13.2 Å². The second-order valence-corrected chi connectivity index (χ2v) is 8.08. The summed E-state index contributed by atoms with van der Waals surface area (Å²) < 4.78 is 30.2. The molecule has 8 heteroatoms. The molecule has 0 unspecified atom stereocenters.